The Kier molecular flexibility index (Phi) is 10.8. The summed E-state index contributed by atoms with van der Waals surface area (Å²) in [6.07, 6.45) is 0.143. The van der Waals surface area contributed by atoms with E-state index in [4.69, 9.17) is 14.2 Å². The van der Waals surface area contributed by atoms with Crippen LogP contribution in [0.3, 0.4) is 0 Å². The first kappa shape index (κ1) is 30.7. The van der Waals surface area contributed by atoms with Crippen molar-refractivity contribution in [2.45, 2.75) is 61.4 Å². The Morgan fingerprint density at radius 2 is 1.37 bits per heavy atom. The minimum absolute atomic E-state index is 0.00509. The van der Waals surface area contributed by atoms with Crippen LogP contribution >= 0.6 is 0 Å². The monoisotopic (exact) mass is 525 g/mol. The fourth-order valence-electron chi connectivity index (χ4n) is 3.18. The summed E-state index contributed by atoms with van der Waals surface area (Å²) in [5.74, 6) is -1.56. The van der Waals surface area contributed by atoms with Crippen LogP contribution in [0.25, 0.3) is 0 Å². The molecule has 0 N–H and O–H groups in total. The van der Waals surface area contributed by atoms with Crippen molar-refractivity contribution >= 4 is 23.7 Å². The Morgan fingerprint density at radius 3 is 1.92 bits per heavy atom. The molecule has 0 aromatic heterocycles. The van der Waals surface area contributed by atoms with Crippen LogP contribution in [-0.4, -0.2) is 48.3 Å². The number of carbonyl (C=O) groups is 4. The molecule has 0 saturated heterocycles. The second-order valence-electron chi connectivity index (χ2n) is 11.1. The number of hydrogen-bond acceptors (Lipinski definition) is 8. The SMILES string of the molecule is CCOC(=O)CCN(CC(=O)c1ccc(OC(=O)C(C)(C)C)c(OC(=O)C(C)(C)C)c1)Cc1ccccc1. The van der Waals surface area contributed by atoms with Crippen molar-refractivity contribution in [1.29, 1.82) is 0 Å². The van der Waals surface area contributed by atoms with E-state index in [1.807, 2.05) is 35.2 Å². The van der Waals surface area contributed by atoms with Gasteiger partial charge in [0.15, 0.2) is 17.3 Å². The van der Waals surface area contributed by atoms with Gasteiger partial charge in [0.05, 0.1) is 30.4 Å². The zero-order chi connectivity index (χ0) is 28.5. The predicted octanol–water partition coefficient (Wildman–Crippen LogP) is 5.23. The predicted molar refractivity (Wildman–Crippen MR) is 144 cm³/mol. The first-order chi connectivity index (χ1) is 17.7. The summed E-state index contributed by atoms with van der Waals surface area (Å²) in [6.45, 7) is 13.1. The van der Waals surface area contributed by atoms with Crippen molar-refractivity contribution in [2.24, 2.45) is 10.8 Å². The molecule has 0 heterocycles. The average molecular weight is 526 g/mol. The van der Waals surface area contributed by atoms with Gasteiger partial charge in [-0.1, -0.05) is 30.3 Å². The first-order valence-corrected chi connectivity index (χ1v) is 12.7. The lowest BCUT2D eigenvalue weighted by Crippen LogP contribution is -2.32. The summed E-state index contributed by atoms with van der Waals surface area (Å²) in [4.78, 5) is 52.3. The molecule has 0 saturated carbocycles. The fourth-order valence-corrected chi connectivity index (χ4v) is 3.18. The zero-order valence-corrected chi connectivity index (χ0v) is 23.5. The van der Waals surface area contributed by atoms with Crippen molar-refractivity contribution in [3.63, 3.8) is 0 Å². The third kappa shape index (κ3) is 9.74. The van der Waals surface area contributed by atoms with Gasteiger partial charge in [-0.05, 0) is 72.2 Å². The number of esters is 3. The van der Waals surface area contributed by atoms with E-state index < -0.39 is 22.8 Å². The van der Waals surface area contributed by atoms with Crippen LogP contribution in [0.15, 0.2) is 48.5 Å². The number of ketones is 1. The molecule has 0 aliphatic rings. The molecule has 0 aliphatic heterocycles. The minimum Gasteiger partial charge on any atom is -0.466 e. The van der Waals surface area contributed by atoms with Gasteiger partial charge in [0.2, 0.25) is 0 Å². The molecule has 2 aromatic carbocycles. The van der Waals surface area contributed by atoms with Crippen LogP contribution in [0.5, 0.6) is 11.5 Å². The van der Waals surface area contributed by atoms with Crippen LogP contribution in [0.4, 0.5) is 0 Å². The number of rotatable bonds is 11. The highest BCUT2D eigenvalue weighted by Crippen LogP contribution is 2.33. The smallest absolute Gasteiger partial charge is 0.316 e. The topological polar surface area (TPSA) is 99.2 Å². The molecule has 0 aliphatic carbocycles. The number of Topliss-reactive ketones (excluding diaryl/α,β-unsaturated/α-hetero) is 1. The second-order valence-corrected chi connectivity index (χ2v) is 11.1. The highest BCUT2D eigenvalue weighted by Gasteiger charge is 2.29. The van der Waals surface area contributed by atoms with Crippen LogP contribution in [0.1, 0.15) is 70.8 Å². The Balaban J connectivity index is 2.32. The van der Waals surface area contributed by atoms with E-state index in [0.717, 1.165) is 5.56 Å². The van der Waals surface area contributed by atoms with Crippen molar-refractivity contribution in [3.8, 4) is 11.5 Å². The molecule has 2 rings (SSSR count). The maximum Gasteiger partial charge on any atom is 0.316 e. The maximum atomic E-state index is 13.3. The van der Waals surface area contributed by atoms with Gasteiger partial charge in [0, 0.05) is 18.7 Å². The van der Waals surface area contributed by atoms with Gasteiger partial charge >= 0.3 is 17.9 Å². The van der Waals surface area contributed by atoms with Crippen LogP contribution < -0.4 is 9.47 Å². The minimum atomic E-state index is -0.815. The normalized spacial score (nSPS) is 11.7. The molecule has 206 valence electrons. The molecule has 2 aromatic rings. The van der Waals surface area contributed by atoms with E-state index >= 15 is 0 Å². The molecule has 0 amide bonds. The largest absolute Gasteiger partial charge is 0.466 e. The molecule has 0 atom stereocenters. The Morgan fingerprint density at radius 1 is 0.789 bits per heavy atom. The van der Waals surface area contributed by atoms with Crippen molar-refractivity contribution in [1.82, 2.24) is 4.90 Å². The molecule has 8 heteroatoms. The molecule has 0 fully saturated rings. The van der Waals surface area contributed by atoms with Crippen LogP contribution in [0.2, 0.25) is 0 Å². The quantitative estimate of drug-likeness (QED) is 0.223. The third-order valence-electron chi connectivity index (χ3n) is 5.45. The van der Waals surface area contributed by atoms with Gasteiger partial charge < -0.3 is 14.2 Å². The van der Waals surface area contributed by atoms with Crippen molar-refractivity contribution in [3.05, 3.63) is 59.7 Å². The lowest BCUT2D eigenvalue weighted by atomic mass is 9.97. The number of carbonyl (C=O) groups excluding carboxylic acids is 4. The summed E-state index contributed by atoms with van der Waals surface area (Å²) in [5.41, 5.74) is -0.318. The summed E-state index contributed by atoms with van der Waals surface area (Å²) in [6, 6.07) is 14.0. The highest BCUT2D eigenvalue weighted by molar-refractivity contribution is 5.98. The average Bonchev–Trinajstić information content (AvgIpc) is 2.83. The van der Waals surface area contributed by atoms with E-state index in [1.165, 1.54) is 18.2 Å². The van der Waals surface area contributed by atoms with E-state index in [2.05, 4.69) is 0 Å². The van der Waals surface area contributed by atoms with Crippen LogP contribution in [0, 0.1) is 10.8 Å². The van der Waals surface area contributed by atoms with Crippen molar-refractivity contribution < 1.29 is 33.4 Å². The number of nitrogens with zero attached hydrogens (tertiary/aromatic N) is 1. The van der Waals surface area contributed by atoms with E-state index in [-0.39, 0.29) is 41.8 Å². The molecule has 0 unspecified atom stereocenters. The Labute approximate surface area is 225 Å². The molecule has 0 spiro atoms. The molecule has 38 heavy (non-hydrogen) atoms. The number of hydrogen-bond donors (Lipinski definition) is 0. The first-order valence-electron chi connectivity index (χ1n) is 12.7. The van der Waals surface area contributed by atoms with Crippen molar-refractivity contribution in [2.75, 3.05) is 19.7 Å². The molecular formula is C30H39NO7. The Hall–Kier alpha value is -3.52. The highest BCUT2D eigenvalue weighted by atomic mass is 16.6. The molecule has 0 bridgehead atoms. The third-order valence-corrected chi connectivity index (χ3v) is 5.45. The van der Waals surface area contributed by atoms with E-state index in [1.54, 1.807) is 48.5 Å². The van der Waals surface area contributed by atoms with E-state index in [0.29, 0.717) is 19.7 Å². The van der Waals surface area contributed by atoms with Gasteiger partial charge in [-0.25, -0.2) is 0 Å². The summed E-state index contributed by atoms with van der Waals surface area (Å²) in [5, 5.41) is 0. The number of benzene rings is 2. The fraction of sp³-hybridized carbons (Fsp3) is 0.467. The van der Waals surface area contributed by atoms with Gasteiger partial charge in [-0.15, -0.1) is 0 Å². The maximum absolute atomic E-state index is 13.3. The number of ether oxygens (including phenoxy) is 3. The molecule has 8 nitrogen and oxygen atoms in total. The lowest BCUT2D eigenvalue weighted by Gasteiger charge is -2.22. The zero-order valence-electron chi connectivity index (χ0n) is 23.5. The van der Waals surface area contributed by atoms with E-state index in [9.17, 15) is 19.2 Å². The van der Waals surface area contributed by atoms with Gasteiger partial charge in [0.25, 0.3) is 0 Å². The van der Waals surface area contributed by atoms with Crippen LogP contribution in [-0.2, 0) is 25.7 Å². The summed E-state index contributed by atoms with van der Waals surface area (Å²) >= 11 is 0. The Bertz CT molecular complexity index is 1130. The lowest BCUT2D eigenvalue weighted by molar-refractivity contribution is -0.145. The second kappa shape index (κ2) is 13.3. The molecular weight excluding hydrogens is 486 g/mol. The van der Waals surface area contributed by atoms with Gasteiger partial charge in [0.1, 0.15) is 0 Å². The summed E-state index contributed by atoms with van der Waals surface area (Å²) < 4.78 is 16.1. The molecule has 0 radical (unpaired) electrons. The van der Waals surface area contributed by atoms with Gasteiger partial charge in [-0.2, -0.15) is 0 Å². The van der Waals surface area contributed by atoms with Gasteiger partial charge in [-0.3, -0.25) is 24.1 Å². The standard InChI is InChI=1S/C30H39NO7/c1-8-36-26(33)16-17-31(19-21-12-10-9-11-13-21)20-23(32)22-14-15-24(37-27(34)29(2,3)4)25(18-22)38-28(35)30(5,6)7/h9-15,18H,8,16-17,19-20H2,1-7H3. The summed E-state index contributed by atoms with van der Waals surface area (Å²) in [7, 11) is 0.